The van der Waals surface area contributed by atoms with Crippen LogP contribution in [0.2, 0.25) is 0 Å². The standard InChI is InChI=1S/C9H9Br.C9H10O/c1-2-3-8-4-6-9(10)7-5-8;10-8-4-7-9-5-2-1-3-6-9/h2-7H,1H3;1-7,10H,8H2/b3-2+;. The van der Waals surface area contributed by atoms with Crippen molar-refractivity contribution < 1.29 is 5.11 Å². The first-order valence-corrected chi connectivity index (χ1v) is 7.26. The Morgan fingerprint density at radius 2 is 1.50 bits per heavy atom. The molecule has 0 atom stereocenters. The van der Waals surface area contributed by atoms with Crippen molar-refractivity contribution in [2.24, 2.45) is 0 Å². The minimum Gasteiger partial charge on any atom is -0.392 e. The van der Waals surface area contributed by atoms with E-state index < -0.39 is 0 Å². The molecule has 0 spiro atoms. The van der Waals surface area contributed by atoms with Gasteiger partial charge in [0.15, 0.2) is 0 Å². The molecule has 2 aromatic carbocycles. The molecule has 0 unspecified atom stereocenters. The van der Waals surface area contributed by atoms with E-state index in [0.717, 1.165) is 10.0 Å². The quantitative estimate of drug-likeness (QED) is 0.822. The van der Waals surface area contributed by atoms with Gasteiger partial charge in [-0.1, -0.05) is 82.7 Å². The van der Waals surface area contributed by atoms with E-state index >= 15 is 0 Å². The second-order valence-corrected chi connectivity index (χ2v) is 4.96. The second-order valence-electron chi connectivity index (χ2n) is 4.05. The Morgan fingerprint density at radius 1 is 0.900 bits per heavy atom. The van der Waals surface area contributed by atoms with E-state index in [9.17, 15) is 0 Å². The van der Waals surface area contributed by atoms with Gasteiger partial charge in [-0.3, -0.25) is 0 Å². The number of halogens is 1. The number of hydrogen-bond donors (Lipinski definition) is 1. The van der Waals surface area contributed by atoms with Crippen molar-refractivity contribution in [1.82, 2.24) is 0 Å². The summed E-state index contributed by atoms with van der Waals surface area (Å²) in [6.45, 7) is 2.12. The molecular formula is C18H19BrO. The van der Waals surface area contributed by atoms with Gasteiger partial charge in [0.05, 0.1) is 6.61 Å². The molecular weight excluding hydrogens is 312 g/mol. The van der Waals surface area contributed by atoms with Crippen LogP contribution in [0.5, 0.6) is 0 Å². The first-order valence-electron chi connectivity index (χ1n) is 6.47. The van der Waals surface area contributed by atoms with Crippen LogP contribution < -0.4 is 0 Å². The van der Waals surface area contributed by atoms with Crippen LogP contribution in [-0.2, 0) is 0 Å². The molecule has 2 heteroatoms. The highest BCUT2D eigenvalue weighted by molar-refractivity contribution is 9.10. The molecule has 0 aliphatic rings. The number of aliphatic hydroxyl groups is 1. The van der Waals surface area contributed by atoms with E-state index in [1.165, 1.54) is 5.56 Å². The summed E-state index contributed by atoms with van der Waals surface area (Å²) in [6, 6.07) is 18.1. The molecule has 1 N–H and O–H groups in total. The van der Waals surface area contributed by atoms with Crippen LogP contribution in [-0.4, -0.2) is 11.7 Å². The summed E-state index contributed by atoms with van der Waals surface area (Å²) < 4.78 is 1.13. The van der Waals surface area contributed by atoms with Crippen molar-refractivity contribution in [3.05, 3.63) is 82.3 Å². The predicted octanol–water partition coefficient (Wildman–Crippen LogP) is 5.17. The molecule has 20 heavy (non-hydrogen) atoms. The van der Waals surface area contributed by atoms with E-state index in [2.05, 4.69) is 34.1 Å². The zero-order valence-corrected chi connectivity index (χ0v) is 13.1. The Bertz CT molecular complexity index is 527. The molecule has 2 aromatic rings. The highest BCUT2D eigenvalue weighted by Gasteiger charge is 1.84. The third-order valence-corrected chi connectivity index (χ3v) is 2.97. The Kier molecular flexibility index (Phi) is 8.36. The third-order valence-electron chi connectivity index (χ3n) is 2.44. The Labute approximate surface area is 129 Å². The van der Waals surface area contributed by atoms with E-state index in [1.54, 1.807) is 6.08 Å². The van der Waals surface area contributed by atoms with Crippen LogP contribution in [0.15, 0.2) is 71.2 Å². The van der Waals surface area contributed by atoms with Gasteiger partial charge in [-0.15, -0.1) is 0 Å². The first kappa shape index (κ1) is 16.4. The topological polar surface area (TPSA) is 20.2 Å². The van der Waals surface area contributed by atoms with Crippen molar-refractivity contribution in [1.29, 1.82) is 0 Å². The van der Waals surface area contributed by atoms with Gasteiger partial charge in [-0.05, 0) is 30.2 Å². The smallest absolute Gasteiger partial charge is 0.0615 e. The van der Waals surface area contributed by atoms with Crippen molar-refractivity contribution in [3.8, 4) is 0 Å². The van der Waals surface area contributed by atoms with Crippen LogP contribution >= 0.6 is 15.9 Å². The fraction of sp³-hybridized carbons (Fsp3) is 0.111. The lowest BCUT2D eigenvalue weighted by molar-refractivity contribution is 0.343. The van der Waals surface area contributed by atoms with Gasteiger partial charge in [0.25, 0.3) is 0 Å². The summed E-state index contributed by atoms with van der Waals surface area (Å²) in [5.41, 5.74) is 2.36. The van der Waals surface area contributed by atoms with E-state index in [4.69, 9.17) is 5.11 Å². The van der Waals surface area contributed by atoms with Crippen LogP contribution in [0.25, 0.3) is 12.2 Å². The molecule has 0 fully saturated rings. The summed E-state index contributed by atoms with van der Waals surface area (Å²) in [5.74, 6) is 0. The summed E-state index contributed by atoms with van der Waals surface area (Å²) >= 11 is 3.37. The number of hydrogen-bond acceptors (Lipinski definition) is 1. The molecule has 0 aliphatic heterocycles. The van der Waals surface area contributed by atoms with Crippen molar-refractivity contribution in [2.75, 3.05) is 6.61 Å². The zero-order valence-electron chi connectivity index (χ0n) is 11.5. The Hall–Kier alpha value is -1.64. The lowest BCUT2D eigenvalue weighted by atomic mass is 10.2. The van der Waals surface area contributed by atoms with Crippen molar-refractivity contribution in [3.63, 3.8) is 0 Å². The maximum Gasteiger partial charge on any atom is 0.0615 e. The van der Waals surface area contributed by atoms with Gasteiger partial charge in [0.2, 0.25) is 0 Å². The zero-order chi connectivity index (χ0) is 14.6. The fourth-order valence-corrected chi connectivity index (χ4v) is 1.78. The monoisotopic (exact) mass is 330 g/mol. The first-order chi connectivity index (χ1) is 9.76. The SMILES string of the molecule is C/C=C/c1ccc(Br)cc1.OCC=Cc1ccccc1. The largest absolute Gasteiger partial charge is 0.392 e. The van der Waals surface area contributed by atoms with Gasteiger partial charge in [-0.25, -0.2) is 0 Å². The Morgan fingerprint density at radius 3 is 2.05 bits per heavy atom. The lowest BCUT2D eigenvalue weighted by Gasteiger charge is -1.91. The average molecular weight is 331 g/mol. The minimum absolute atomic E-state index is 0.106. The van der Waals surface area contributed by atoms with Crippen molar-refractivity contribution in [2.45, 2.75) is 6.92 Å². The van der Waals surface area contributed by atoms with Crippen LogP contribution in [0.4, 0.5) is 0 Å². The van der Waals surface area contributed by atoms with E-state index in [0.29, 0.717) is 0 Å². The van der Waals surface area contributed by atoms with Gasteiger partial charge in [0, 0.05) is 4.47 Å². The summed E-state index contributed by atoms with van der Waals surface area (Å²) in [6.07, 6.45) is 7.71. The molecule has 0 radical (unpaired) electrons. The second kappa shape index (κ2) is 10.2. The molecule has 0 aromatic heterocycles. The van der Waals surface area contributed by atoms with E-state index in [1.807, 2.05) is 61.5 Å². The van der Waals surface area contributed by atoms with Gasteiger partial charge < -0.3 is 5.11 Å². The summed E-state index contributed by atoms with van der Waals surface area (Å²) in [5, 5.41) is 8.44. The maximum atomic E-state index is 8.44. The maximum absolute atomic E-state index is 8.44. The normalized spacial score (nSPS) is 10.6. The predicted molar refractivity (Wildman–Crippen MR) is 91.4 cm³/mol. The number of aliphatic hydroxyl groups excluding tert-OH is 1. The highest BCUT2D eigenvalue weighted by atomic mass is 79.9. The fourth-order valence-electron chi connectivity index (χ4n) is 1.52. The molecule has 0 aliphatic carbocycles. The Balaban J connectivity index is 0.000000200. The average Bonchev–Trinajstić information content (AvgIpc) is 2.49. The van der Waals surface area contributed by atoms with E-state index in [-0.39, 0.29) is 6.61 Å². The molecule has 0 saturated heterocycles. The molecule has 104 valence electrons. The summed E-state index contributed by atoms with van der Waals surface area (Å²) in [7, 11) is 0. The number of allylic oxidation sites excluding steroid dienone is 1. The number of benzene rings is 2. The van der Waals surface area contributed by atoms with Crippen LogP contribution in [0.3, 0.4) is 0 Å². The molecule has 1 nitrogen and oxygen atoms in total. The molecule has 0 amide bonds. The third kappa shape index (κ3) is 7.07. The van der Waals surface area contributed by atoms with Crippen LogP contribution in [0.1, 0.15) is 18.1 Å². The molecule has 0 saturated carbocycles. The van der Waals surface area contributed by atoms with Crippen molar-refractivity contribution >= 4 is 28.1 Å². The van der Waals surface area contributed by atoms with Gasteiger partial charge >= 0.3 is 0 Å². The summed E-state index contributed by atoms with van der Waals surface area (Å²) in [4.78, 5) is 0. The number of rotatable bonds is 3. The van der Waals surface area contributed by atoms with Gasteiger partial charge in [0.1, 0.15) is 0 Å². The molecule has 2 rings (SSSR count). The van der Waals surface area contributed by atoms with Crippen LogP contribution in [0, 0.1) is 0 Å². The highest BCUT2D eigenvalue weighted by Crippen LogP contribution is 2.11. The minimum atomic E-state index is 0.106. The lowest BCUT2D eigenvalue weighted by Crippen LogP contribution is -1.72. The van der Waals surface area contributed by atoms with Gasteiger partial charge in [-0.2, -0.15) is 0 Å². The molecule has 0 heterocycles. The molecule has 0 bridgehead atoms.